The van der Waals surface area contributed by atoms with E-state index in [1.54, 1.807) is 37.3 Å². The van der Waals surface area contributed by atoms with E-state index in [1.807, 2.05) is 0 Å². The molecule has 0 spiro atoms. The van der Waals surface area contributed by atoms with E-state index in [2.05, 4.69) is 16.1 Å². The highest BCUT2D eigenvalue weighted by molar-refractivity contribution is 6.01. The largest absolute Gasteiger partial charge is 0.490 e. The Hall–Kier alpha value is -3.40. The smallest absolute Gasteiger partial charge is 0.387 e. The number of hydrogen-bond acceptors (Lipinski definition) is 4. The number of amides is 1. The number of nitrogens with one attached hydrogen (secondary N) is 1. The van der Waals surface area contributed by atoms with Crippen LogP contribution in [0, 0.1) is 11.3 Å². The summed E-state index contributed by atoms with van der Waals surface area (Å²) in [7, 11) is 0. The number of anilines is 1. The van der Waals surface area contributed by atoms with Gasteiger partial charge < -0.3 is 14.8 Å². The summed E-state index contributed by atoms with van der Waals surface area (Å²) in [5, 5.41) is 11.3. The minimum absolute atomic E-state index is 0.0640. The molecule has 0 heterocycles. The zero-order valence-corrected chi connectivity index (χ0v) is 14.6. The number of benzene rings is 2. The summed E-state index contributed by atoms with van der Waals surface area (Å²) >= 11 is 0. The van der Waals surface area contributed by atoms with Crippen molar-refractivity contribution in [1.82, 2.24) is 0 Å². The van der Waals surface area contributed by atoms with Crippen LogP contribution in [0.5, 0.6) is 11.5 Å². The van der Waals surface area contributed by atoms with Crippen molar-refractivity contribution in [2.24, 2.45) is 0 Å². The molecule has 0 aromatic heterocycles. The maximum atomic E-state index is 12.4. The van der Waals surface area contributed by atoms with Crippen molar-refractivity contribution in [3.63, 3.8) is 0 Å². The molecular formula is C20H18F2N2O3. The van der Waals surface area contributed by atoms with Crippen LogP contribution < -0.4 is 14.8 Å². The van der Waals surface area contributed by atoms with Crippen molar-refractivity contribution in [2.45, 2.75) is 20.0 Å². The third-order valence-corrected chi connectivity index (χ3v) is 3.42. The Morgan fingerprint density at radius 1 is 1.22 bits per heavy atom. The van der Waals surface area contributed by atoms with Crippen LogP contribution in [0.25, 0.3) is 6.08 Å². The lowest BCUT2D eigenvalue weighted by Gasteiger charge is -2.11. The molecule has 27 heavy (non-hydrogen) atoms. The Morgan fingerprint density at radius 3 is 2.59 bits per heavy atom. The van der Waals surface area contributed by atoms with Crippen molar-refractivity contribution >= 4 is 17.7 Å². The van der Waals surface area contributed by atoms with E-state index in [0.717, 1.165) is 5.56 Å². The molecule has 0 atom stereocenters. The highest BCUT2D eigenvalue weighted by Gasteiger charge is 2.11. The zero-order chi connectivity index (χ0) is 19.6. The highest BCUT2D eigenvalue weighted by atomic mass is 19.3. The first-order valence-corrected chi connectivity index (χ1v) is 8.18. The van der Waals surface area contributed by atoms with Crippen molar-refractivity contribution in [2.75, 3.05) is 11.9 Å². The monoisotopic (exact) mass is 372 g/mol. The first-order valence-electron chi connectivity index (χ1n) is 8.18. The standard InChI is InChI=1S/C20H18F2N2O3/c1-2-26-18-13-15(5-9-17(18)27-20(21)22)6-10-19(25)24-16-7-3-14(4-8-16)11-12-23/h3-10,13,20H,2,11H2,1H3,(H,24,25). The minimum Gasteiger partial charge on any atom is -0.490 e. The molecule has 140 valence electrons. The van der Waals surface area contributed by atoms with E-state index in [9.17, 15) is 13.6 Å². The molecule has 0 saturated carbocycles. The van der Waals surface area contributed by atoms with Gasteiger partial charge in [0.15, 0.2) is 11.5 Å². The van der Waals surface area contributed by atoms with Crippen LogP contribution in [-0.2, 0) is 11.2 Å². The van der Waals surface area contributed by atoms with Gasteiger partial charge in [0.1, 0.15) is 0 Å². The van der Waals surface area contributed by atoms with Gasteiger partial charge in [0.2, 0.25) is 5.91 Å². The molecule has 0 aliphatic heterocycles. The Kier molecular flexibility index (Phi) is 7.32. The highest BCUT2D eigenvalue weighted by Crippen LogP contribution is 2.30. The number of nitrogens with zero attached hydrogens (tertiary/aromatic N) is 1. The minimum atomic E-state index is -2.95. The molecule has 0 radical (unpaired) electrons. The van der Waals surface area contributed by atoms with E-state index >= 15 is 0 Å². The molecule has 1 amide bonds. The summed E-state index contributed by atoms with van der Waals surface area (Å²) in [4.78, 5) is 12.0. The summed E-state index contributed by atoms with van der Waals surface area (Å²) in [6.07, 6.45) is 3.16. The van der Waals surface area contributed by atoms with Gasteiger partial charge in [0.25, 0.3) is 0 Å². The van der Waals surface area contributed by atoms with Crippen LogP contribution in [-0.4, -0.2) is 19.1 Å². The average Bonchev–Trinajstić information content (AvgIpc) is 2.63. The van der Waals surface area contributed by atoms with E-state index in [0.29, 0.717) is 17.7 Å². The van der Waals surface area contributed by atoms with Crippen molar-refractivity contribution < 1.29 is 23.0 Å². The van der Waals surface area contributed by atoms with Gasteiger partial charge in [-0.05, 0) is 48.4 Å². The van der Waals surface area contributed by atoms with E-state index in [1.165, 1.54) is 24.3 Å². The number of carbonyl (C=O) groups excluding carboxylic acids is 1. The first-order chi connectivity index (χ1) is 13.0. The normalized spacial score (nSPS) is 10.6. The van der Waals surface area contributed by atoms with Gasteiger partial charge in [0, 0.05) is 11.8 Å². The third kappa shape index (κ3) is 6.44. The van der Waals surface area contributed by atoms with Gasteiger partial charge in [-0.25, -0.2) is 0 Å². The van der Waals surface area contributed by atoms with Gasteiger partial charge in [-0.1, -0.05) is 18.2 Å². The second-order valence-corrected chi connectivity index (χ2v) is 5.37. The van der Waals surface area contributed by atoms with Crippen LogP contribution in [0.1, 0.15) is 18.1 Å². The van der Waals surface area contributed by atoms with E-state index in [-0.39, 0.29) is 24.0 Å². The summed E-state index contributed by atoms with van der Waals surface area (Å²) in [6.45, 7) is -0.935. The Balaban J connectivity index is 2.04. The number of nitriles is 1. The summed E-state index contributed by atoms with van der Waals surface area (Å²) in [5.74, 6) is -0.242. The molecule has 2 aromatic carbocycles. The Labute approximate surface area is 155 Å². The zero-order valence-electron chi connectivity index (χ0n) is 14.6. The molecule has 0 bridgehead atoms. The third-order valence-electron chi connectivity index (χ3n) is 3.42. The van der Waals surface area contributed by atoms with E-state index in [4.69, 9.17) is 10.00 Å². The van der Waals surface area contributed by atoms with E-state index < -0.39 is 6.61 Å². The fourth-order valence-corrected chi connectivity index (χ4v) is 2.24. The second kappa shape index (κ2) is 9.92. The SMILES string of the molecule is CCOc1cc(C=CC(=O)Nc2ccc(CC#N)cc2)ccc1OC(F)F. The van der Waals surface area contributed by atoms with Crippen LogP contribution in [0.2, 0.25) is 0 Å². The average molecular weight is 372 g/mol. The Morgan fingerprint density at radius 2 is 1.96 bits per heavy atom. The van der Waals surface area contributed by atoms with Gasteiger partial charge in [-0.2, -0.15) is 14.0 Å². The molecule has 0 fully saturated rings. The van der Waals surface area contributed by atoms with Crippen LogP contribution in [0.15, 0.2) is 48.5 Å². The van der Waals surface area contributed by atoms with Crippen LogP contribution in [0.3, 0.4) is 0 Å². The van der Waals surface area contributed by atoms with Crippen LogP contribution in [0.4, 0.5) is 14.5 Å². The number of carbonyl (C=O) groups is 1. The molecule has 2 rings (SSSR count). The predicted molar refractivity (Wildman–Crippen MR) is 97.7 cm³/mol. The van der Waals surface area contributed by atoms with Crippen molar-refractivity contribution in [3.8, 4) is 17.6 Å². The lowest BCUT2D eigenvalue weighted by molar-refractivity contribution is -0.111. The van der Waals surface area contributed by atoms with Gasteiger partial charge in [-0.15, -0.1) is 0 Å². The van der Waals surface area contributed by atoms with Crippen molar-refractivity contribution in [3.05, 3.63) is 59.7 Å². The second-order valence-electron chi connectivity index (χ2n) is 5.37. The van der Waals surface area contributed by atoms with Crippen LogP contribution >= 0.6 is 0 Å². The van der Waals surface area contributed by atoms with Gasteiger partial charge >= 0.3 is 6.61 Å². The summed E-state index contributed by atoms with van der Waals surface area (Å²) in [6, 6.07) is 13.4. The first kappa shape index (κ1) is 19.9. The number of alkyl halides is 2. The molecule has 1 N–H and O–H groups in total. The number of hydrogen-bond donors (Lipinski definition) is 1. The summed E-state index contributed by atoms with van der Waals surface area (Å²) in [5.41, 5.74) is 2.06. The Bertz CT molecular complexity index is 843. The van der Waals surface area contributed by atoms with Gasteiger partial charge in [-0.3, -0.25) is 4.79 Å². The van der Waals surface area contributed by atoms with Crippen molar-refractivity contribution in [1.29, 1.82) is 5.26 Å². The predicted octanol–water partition coefficient (Wildman–Crippen LogP) is 4.40. The lowest BCUT2D eigenvalue weighted by Crippen LogP contribution is -2.07. The lowest BCUT2D eigenvalue weighted by atomic mass is 10.1. The fourth-order valence-electron chi connectivity index (χ4n) is 2.24. The molecule has 0 unspecified atom stereocenters. The number of ether oxygens (including phenoxy) is 2. The molecule has 0 aliphatic rings. The maximum Gasteiger partial charge on any atom is 0.387 e. The number of halogens is 2. The summed E-state index contributed by atoms with van der Waals surface area (Å²) < 4.78 is 34.5. The molecule has 0 aliphatic carbocycles. The quantitative estimate of drug-likeness (QED) is 0.697. The number of rotatable bonds is 8. The molecular weight excluding hydrogens is 354 g/mol. The molecule has 0 saturated heterocycles. The molecule has 5 nitrogen and oxygen atoms in total. The molecule has 7 heteroatoms. The maximum absolute atomic E-state index is 12.4. The molecule has 2 aromatic rings. The fraction of sp³-hybridized carbons (Fsp3) is 0.200. The topological polar surface area (TPSA) is 71.3 Å². The van der Waals surface area contributed by atoms with Gasteiger partial charge in [0.05, 0.1) is 19.1 Å².